The summed E-state index contributed by atoms with van der Waals surface area (Å²) in [6.45, 7) is 0.137. The number of rotatable bonds is 10. The van der Waals surface area contributed by atoms with E-state index >= 15 is 0 Å². The van der Waals surface area contributed by atoms with Crippen LogP contribution in [0.5, 0.6) is 11.5 Å². The van der Waals surface area contributed by atoms with Gasteiger partial charge in [-0.1, -0.05) is 30.3 Å². The van der Waals surface area contributed by atoms with E-state index < -0.39 is 16.0 Å². The van der Waals surface area contributed by atoms with Gasteiger partial charge in [0, 0.05) is 13.6 Å². The third kappa shape index (κ3) is 6.30. The zero-order chi connectivity index (χ0) is 23.8. The Labute approximate surface area is 192 Å². The first kappa shape index (κ1) is 24.2. The molecule has 0 atom stereocenters. The minimum atomic E-state index is -3.96. The summed E-state index contributed by atoms with van der Waals surface area (Å²) in [6, 6.07) is 18.7. The highest BCUT2D eigenvalue weighted by atomic mass is 32.2. The number of ether oxygens (including phenoxy) is 3. The second kappa shape index (κ2) is 10.9. The summed E-state index contributed by atoms with van der Waals surface area (Å²) in [5.41, 5.74) is 0.878. The smallest absolute Gasteiger partial charge is 0.338 e. The second-order valence-corrected chi connectivity index (χ2v) is 9.06. The van der Waals surface area contributed by atoms with E-state index in [1.165, 1.54) is 60.9 Å². The highest BCUT2D eigenvalue weighted by Crippen LogP contribution is 2.28. The normalized spacial score (nSPS) is 11.3. The lowest BCUT2D eigenvalue weighted by Crippen LogP contribution is -2.27. The van der Waals surface area contributed by atoms with Gasteiger partial charge in [0.1, 0.15) is 35.4 Å². The average molecular weight is 474 g/mol. The Hall–Kier alpha value is -3.43. The summed E-state index contributed by atoms with van der Waals surface area (Å²) in [6.07, 6.45) is 0. The molecule has 3 aromatic carbocycles. The monoisotopic (exact) mass is 473 g/mol. The first-order chi connectivity index (χ1) is 15.8. The Balaban J connectivity index is 1.68. The molecule has 0 radical (unpaired) electrons. The van der Waals surface area contributed by atoms with Gasteiger partial charge < -0.3 is 14.2 Å². The van der Waals surface area contributed by atoms with E-state index in [0.717, 1.165) is 5.56 Å². The zero-order valence-corrected chi connectivity index (χ0v) is 19.0. The largest absolute Gasteiger partial charge is 0.495 e. The summed E-state index contributed by atoms with van der Waals surface area (Å²) < 4.78 is 56.2. The van der Waals surface area contributed by atoms with E-state index in [1.54, 1.807) is 0 Å². The first-order valence-electron chi connectivity index (χ1n) is 10.0. The third-order valence-electron chi connectivity index (χ3n) is 4.73. The average Bonchev–Trinajstić information content (AvgIpc) is 2.83. The summed E-state index contributed by atoms with van der Waals surface area (Å²) in [5.74, 6) is -0.534. The van der Waals surface area contributed by atoms with Crippen LogP contribution in [0.2, 0.25) is 0 Å². The Morgan fingerprint density at radius 3 is 2.33 bits per heavy atom. The fourth-order valence-electron chi connectivity index (χ4n) is 3.01. The Kier molecular flexibility index (Phi) is 8.02. The van der Waals surface area contributed by atoms with E-state index in [2.05, 4.69) is 0 Å². The number of methoxy groups -OCH3 is 1. The molecule has 7 nitrogen and oxygen atoms in total. The molecule has 0 aliphatic heterocycles. The van der Waals surface area contributed by atoms with E-state index in [-0.39, 0.29) is 41.8 Å². The number of hydrogen-bond donors (Lipinski definition) is 0. The maximum Gasteiger partial charge on any atom is 0.338 e. The molecule has 0 fully saturated rings. The minimum Gasteiger partial charge on any atom is -0.495 e. The zero-order valence-electron chi connectivity index (χ0n) is 18.2. The van der Waals surface area contributed by atoms with E-state index in [1.807, 2.05) is 30.3 Å². The molecular formula is C24H24FNO6S. The predicted molar refractivity (Wildman–Crippen MR) is 120 cm³/mol. The maximum absolute atomic E-state index is 13.2. The number of hydrogen-bond acceptors (Lipinski definition) is 6. The van der Waals surface area contributed by atoms with Gasteiger partial charge in [0.05, 0.1) is 12.7 Å². The van der Waals surface area contributed by atoms with Crippen molar-refractivity contribution in [3.05, 3.63) is 89.7 Å². The number of sulfonamides is 1. The van der Waals surface area contributed by atoms with Gasteiger partial charge in [-0.15, -0.1) is 0 Å². The number of carbonyl (C=O) groups excluding carboxylic acids is 1. The standard InChI is InChI=1S/C24H24FNO6S/c1-26(17-18-6-4-3-5-7-18)33(28,29)23-16-19(8-13-22(23)30-2)24(27)32-15-14-31-21-11-9-20(25)10-12-21/h3-13,16H,14-15,17H2,1-2H3. The molecule has 0 spiro atoms. The van der Waals surface area contributed by atoms with Crippen molar-refractivity contribution >= 4 is 16.0 Å². The second-order valence-electron chi connectivity index (χ2n) is 7.05. The highest BCUT2D eigenvalue weighted by Gasteiger charge is 2.26. The van der Waals surface area contributed by atoms with Crippen molar-refractivity contribution in [2.45, 2.75) is 11.4 Å². The van der Waals surface area contributed by atoms with Crippen molar-refractivity contribution < 1.29 is 31.8 Å². The van der Waals surface area contributed by atoms with Gasteiger partial charge >= 0.3 is 5.97 Å². The number of esters is 1. The van der Waals surface area contributed by atoms with Crippen LogP contribution in [0.4, 0.5) is 4.39 Å². The number of benzene rings is 3. The van der Waals surface area contributed by atoms with Crippen LogP contribution >= 0.6 is 0 Å². The summed E-state index contributed by atoms with van der Waals surface area (Å²) in [4.78, 5) is 12.3. The SMILES string of the molecule is COc1ccc(C(=O)OCCOc2ccc(F)cc2)cc1S(=O)(=O)N(C)Cc1ccccc1. The molecule has 174 valence electrons. The summed E-state index contributed by atoms with van der Waals surface area (Å²) in [7, 11) is -1.14. The summed E-state index contributed by atoms with van der Waals surface area (Å²) >= 11 is 0. The molecule has 0 aliphatic rings. The van der Waals surface area contributed by atoms with Crippen LogP contribution in [0.15, 0.2) is 77.7 Å². The lowest BCUT2D eigenvalue weighted by molar-refractivity contribution is 0.0450. The van der Waals surface area contributed by atoms with Gasteiger partial charge in [-0.25, -0.2) is 17.6 Å². The van der Waals surface area contributed by atoms with Crippen molar-refractivity contribution in [1.82, 2.24) is 4.31 Å². The predicted octanol–water partition coefficient (Wildman–Crippen LogP) is 3.89. The Morgan fingerprint density at radius 2 is 1.67 bits per heavy atom. The van der Waals surface area contributed by atoms with Crippen molar-refractivity contribution in [3.8, 4) is 11.5 Å². The molecule has 0 saturated carbocycles. The molecule has 0 bridgehead atoms. The van der Waals surface area contributed by atoms with Gasteiger partial charge in [0.15, 0.2) is 0 Å². The molecule has 3 aromatic rings. The van der Waals surface area contributed by atoms with Gasteiger partial charge in [0.25, 0.3) is 0 Å². The van der Waals surface area contributed by atoms with E-state index in [0.29, 0.717) is 5.75 Å². The van der Waals surface area contributed by atoms with Crippen molar-refractivity contribution in [3.63, 3.8) is 0 Å². The fraction of sp³-hybridized carbons (Fsp3) is 0.208. The number of nitrogens with zero attached hydrogens (tertiary/aromatic N) is 1. The summed E-state index contributed by atoms with van der Waals surface area (Å²) in [5, 5.41) is 0. The molecule has 0 unspecified atom stereocenters. The van der Waals surface area contributed by atoms with Crippen molar-refractivity contribution in [2.24, 2.45) is 0 Å². The minimum absolute atomic E-state index is 0.0541. The maximum atomic E-state index is 13.2. The lowest BCUT2D eigenvalue weighted by atomic mass is 10.2. The molecule has 0 aromatic heterocycles. The van der Waals surface area contributed by atoms with Crippen LogP contribution in [0.25, 0.3) is 0 Å². The Morgan fingerprint density at radius 1 is 0.970 bits per heavy atom. The number of halogens is 1. The van der Waals surface area contributed by atoms with Gasteiger partial charge in [-0.3, -0.25) is 0 Å². The molecule has 9 heteroatoms. The van der Waals surface area contributed by atoms with Gasteiger partial charge in [-0.2, -0.15) is 4.31 Å². The van der Waals surface area contributed by atoms with Crippen LogP contribution < -0.4 is 9.47 Å². The molecule has 0 amide bonds. The Bertz CT molecular complexity index is 1180. The fourth-order valence-corrected chi connectivity index (χ4v) is 4.34. The van der Waals surface area contributed by atoms with E-state index in [9.17, 15) is 17.6 Å². The molecule has 0 N–H and O–H groups in total. The molecule has 0 aliphatic carbocycles. The van der Waals surface area contributed by atoms with E-state index in [4.69, 9.17) is 14.2 Å². The van der Waals surface area contributed by atoms with Gasteiger partial charge in [0.2, 0.25) is 10.0 Å². The van der Waals surface area contributed by atoms with Gasteiger partial charge in [-0.05, 0) is 48.0 Å². The lowest BCUT2D eigenvalue weighted by Gasteiger charge is -2.19. The van der Waals surface area contributed by atoms with Crippen LogP contribution in [0.1, 0.15) is 15.9 Å². The molecule has 0 heterocycles. The van der Waals surface area contributed by atoms with Crippen LogP contribution in [-0.2, 0) is 21.3 Å². The molecule has 0 saturated heterocycles. The molecule has 33 heavy (non-hydrogen) atoms. The van der Waals surface area contributed by atoms with Crippen molar-refractivity contribution in [1.29, 1.82) is 0 Å². The van der Waals surface area contributed by atoms with Crippen LogP contribution in [0, 0.1) is 5.82 Å². The number of carbonyl (C=O) groups is 1. The van der Waals surface area contributed by atoms with Crippen LogP contribution in [-0.4, -0.2) is 46.1 Å². The quantitative estimate of drug-likeness (QED) is 0.328. The third-order valence-corrected chi connectivity index (χ3v) is 6.56. The highest BCUT2D eigenvalue weighted by molar-refractivity contribution is 7.89. The topological polar surface area (TPSA) is 82.1 Å². The first-order valence-corrected chi connectivity index (χ1v) is 11.5. The molecule has 3 rings (SSSR count). The van der Waals surface area contributed by atoms with Crippen LogP contribution in [0.3, 0.4) is 0 Å². The van der Waals surface area contributed by atoms with Crippen molar-refractivity contribution in [2.75, 3.05) is 27.4 Å². The molecular weight excluding hydrogens is 449 g/mol.